The van der Waals surface area contributed by atoms with Crippen LogP contribution in [0, 0.1) is 6.92 Å². The highest BCUT2D eigenvalue weighted by Crippen LogP contribution is 2.33. The van der Waals surface area contributed by atoms with E-state index in [1.165, 1.54) is 19.3 Å². The van der Waals surface area contributed by atoms with Crippen molar-refractivity contribution in [3.8, 4) is 0 Å². The molecule has 2 unspecified atom stereocenters. The van der Waals surface area contributed by atoms with E-state index in [0.717, 1.165) is 28.6 Å². The summed E-state index contributed by atoms with van der Waals surface area (Å²) in [6, 6.07) is 0.252. The lowest BCUT2D eigenvalue weighted by molar-refractivity contribution is 0.498. The quantitative estimate of drug-likeness (QED) is 0.786. The maximum Gasteiger partial charge on any atom is 0.234 e. The summed E-state index contributed by atoms with van der Waals surface area (Å²) >= 11 is 1.64. The lowest BCUT2D eigenvalue weighted by Crippen LogP contribution is -2.27. The Morgan fingerprint density at radius 2 is 2.06 bits per heavy atom. The van der Waals surface area contributed by atoms with Gasteiger partial charge in [0, 0.05) is 12.0 Å². The zero-order valence-corrected chi connectivity index (χ0v) is 10.8. The van der Waals surface area contributed by atoms with Gasteiger partial charge in [-0.3, -0.25) is 0 Å². The van der Waals surface area contributed by atoms with Gasteiger partial charge in [0.1, 0.15) is 5.01 Å². The molecule has 92 valence electrons. The minimum absolute atomic E-state index is 0.252. The molecule has 0 aliphatic heterocycles. The molecule has 0 spiro atoms. The van der Waals surface area contributed by atoms with Gasteiger partial charge < -0.3 is 5.73 Å². The van der Waals surface area contributed by atoms with Crippen molar-refractivity contribution in [2.24, 2.45) is 5.73 Å². The summed E-state index contributed by atoms with van der Waals surface area (Å²) in [6.07, 6.45) is 6.08. The third kappa shape index (κ3) is 1.95. The van der Waals surface area contributed by atoms with Crippen LogP contribution in [0.25, 0.3) is 4.96 Å². The number of hydrogen-bond acceptors (Lipinski definition) is 5. The molecule has 17 heavy (non-hydrogen) atoms. The number of nitrogens with two attached hydrogens (primary N) is 1. The molecule has 1 saturated carbocycles. The van der Waals surface area contributed by atoms with Gasteiger partial charge in [0.2, 0.25) is 4.96 Å². The maximum absolute atomic E-state index is 6.26. The molecule has 2 heterocycles. The molecule has 1 aliphatic carbocycles. The van der Waals surface area contributed by atoms with Crippen molar-refractivity contribution in [2.45, 2.75) is 51.0 Å². The fraction of sp³-hybridized carbons (Fsp3) is 0.727. The molecule has 2 N–H and O–H groups in total. The molecule has 2 atom stereocenters. The summed E-state index contributed by atoms with van der Waals surface area (Å²) in [4.78, 5) is 0.883. The Balaban J connectivity index is 1.95. The molecule has 3 rings (SSSR count). The molecular formula is C11H17N5S. The van der Waals surface area contributed by atoms with Crippen LogP contribution in [-0.4, -0.2) is 25.9 Å². The van der Waals surface area contributed by atoms with Crippen molar-refractivity contribution >= 4 is 16.3 Å². The van der Waals surface area contributed by atoms with Crippen LogP contribution in [-0.2, 0) is 0 Å². The van der Waals surface area contributed by atoms with E-state index in [-0.39, 0.29) is 6.04 Å². The van der Waals surface area contributed by atoms with Crippen LogP contribution in [0.15, 0.2) is 0 Å². The molecule has 1 fully saturated rings. The second-order valence-electron chi connectivity index (χ2n) is 4.79. The molecule has 0 radical (unpaired) electrons. The highest BCUT2D eigenvalue weighted by molar-refractivity contribution is 7.16. The Labute approximate surface area is 104 Å². The fourth-order valence-electron chi connectivity index (χ4n) is 2.52. The topological polar surface area (TPSA) is 69.1 Å². The number of aromatic nitrogens is 4. The zero-order valence-electron chi connectivity index (χ0n) is 9.96. The van der Waals surface area contributed by atoms with E-state index >= 15 is 0 Å². The van der Waals surface area contributed by atoms with Crippen molar-refractivity contribution in [1.29, 1.82) is 0 Å². The van der Waals surface area contributed by atoms with Crippen molar-refractivity contribution < 1.29 is 0 Å². The summed E-state index contributed by atoms with van der Waals surface area (Å²) < 4.78 is 1.83. The molecule has 2 aromatic rings. The Bertz CT molecular complexity index is 517. The first-order valence-electron chi connectivity index (χ1n) is 6.20. The van der Waals surface area contributed by atoms with Crippen LogP contribution in [0.1, 0.15) is 48.9 Å². The van der Waals surface area contributed by atoms with E-state index in [2.05, 4.69) is 15.3 Å². The number of aryl methyl sites for hydroxylation is 1. The summed E-state index contributed by atoms with van der Waals surface area (Å²) in [5.74, 6) is 1.26. The standard InChI is InChI=1S/C11H17N5S/c1-7-13-14-11-16(7)15-10(17-11)8-5-3-2-4-6-9(8)12/h8-9H,2-6,12H2,1H3. The molecule has 0 bridgehead atoms. The average Bonchev–Trinajstić information content (AvgIpc) is 2.79. The van der Waals surface area contributed by atoms with Crippen molar-refractivity contribution in [2.75, 3.05) is 0 Å². The van der Waals surface area contributed by atoms with Gasteiger partial charge >= 0.3 is 0 Å². The molecule has 0 saturated heterocycles. The van der Waals surface area contributed by atoms with Crippen LogP contribution in [0.3, 0.4) is 0 Å². The SMILES string of the molecule is Cc1nnc2sc(C3CCCCCC3N)nn12. The molecule has 5 nitrogen and oxygen atoms in total. The Hall–Kier alpha value is -1.01. The number of nitrogens with zero attached hydrogens (tertiary/aromatic N) is 4. The Morgan fingerprint density at radius 3 is 2.88 bits per heavy atom. The summed E-state index contributed by atoms with van der Waals surface area (Å²) in [6.45, 7) is 1.93. The fourth-order valence-corrected chi connectivity index (χ4v) is 3.62. The Kier molecular flexibility index (Phi) is 2.84. The van der Waals surface area contributed by atoms with Gasteiger partial charge in [0.25, 0.3) is 0 Å². The predicted molar refractivity (Wildman–Crippen MR) is 67.2 cm³/mol. The minimum atomic E-state index is 0.252. The van der Waals surface area contributed by atoms with E-state index in [0.29, 0.717) is 5.92 Å². The minimum Gasteiger partial charge on any atom is -0.327 e. The second kappa shape index (κ2) is 4.34. The first-order chi connectivity index (χ1) is 8.25. The first kappa shape index (κ1) is 11.1. The van der Waals surface area contributed by atoms with Gasteiger partial charge in [-0.25, -0.2) is 0 Å². The molecule has 2 aromatic heterocycles. The highest BCUT2D eigenvalue weighted by Gasteiger charge is 2.26. The normalized spacial score (nSPS) is 26.2. The third-order valence-electron chi connectivity index (χ3n) is 3.55. The maximum atomic E-state index is 6.26. The molecule has 0 aromatic carbocycles. The molecule has 1 aliphatic rings. The molecule has 6 heteroatoms. The first-order valence-corrected chi connectivity index (χ1v) is 7.01. The van der Waals surface area contributed by atoms with E-state index in [1.807, 2.05) is 11.4 Å². The van der Waals surface area contributed by atoms with E-state index in [4.69, 9.17) is 5.73 Å². The van der Waals surface area contributed by atoms with Gasteiger partial charge in [0.05, 0.1) is 0 Å². The van der Waals surface area contributed by atoms with Crippen molar-refractivity contribution in [3.05, 3.63) is 10.8 Å². The lowest BCUT2D eigenvalue weighted by Gasteiger charge is -2.17. The second-order valence-corrected chi connectivity index (χ2v) is 5.78. The van der Waals surface area contributed by atoms with Gasteiger partial charge in [-0.15, -0.1) is 10.2 Å². The monoisotopic (exact) mass is 251 g/mol. The number of rotatable bonds is 1. The van der Waals surface area contributed by atoms with Gasteiger partial charge in [-0.2, -0.15) is 9.61 Å². The largest absolute Gasteiger partial charge is 0.327 e. The predicted octanol–water partition coefficient (Wildman–Crippen LogP) is 1.87. The van der Waals surface area contributed by atoms with Crippen molar-refractivity contribution in [1.82, 2.24) is 19.8 Å². The van der Waals surface area contributed by atoms with Gasteiger partial charge in [-0.1, -0.05) is 30.6 Å². The van der Waals surface area contributed by atoms with E-state index in [9.17, 15) is 0 Å². The van der Waals surface area contributed by atoms with Gasteiger partial charge in [-0.05, 0) is 19.8 Å². The molecule has 0 amide bonds. The number of hydrogen-bond donors (Lipinski definition) is 1. The van der Waals surface area contributed by atoms with E-state index < -0.39 is 0 Å². The van der Waals surface area contributed by atoms with Crippen LogP contribution in [0.4, 0.5) is 0 Å². The van der Waals surface area contributed by atoms with Crippen LogP contribution < -0.4 is 5.73 Å². The van der Waals surface area contributed by atoms with Crippen molar-refractivity contribution in [3.63, 3.8) is 0 Å². The highest BCUT2D eigenvalue weighted by atomic mass is 32.1. The zero-order chi connectivity index (χ0) is 11.8. The van der Waals surface area contributed by atoms with E-state index in [1.54, 1.807) is 11.3 Å². The van der Waals surface area contributed by atoms with Gasteiger partial charge in [0.15, 0.2) is 5.82 Å². The van der Waals surface area contributed by atoms with Crippen LogP contribution in [0.2, 0.25) is 0 Å². The summed E-state index contributed by atoms with van der Waals surface area (Å²) in [7, 11) is 0. The summed E-state index contributed by atoms with van der Waals surface area (Å²) in [5, 5.41) is 13.9. The molecular weight excluding hydrogens is 234 g/mol. The third-order valence-corrected chi connectivity index (χ3v) is 4.58. The summed E-state index contributed by atoms with van der Waals surface area (Å²) in [5.41, 5.74) is 6.26. The van der Waals surface area contributed by atoms with Crippen LogP contribution >= 0.6 is 11.3 Å². The number of fused-ring (bicyclic) bond motifs is 1. The van der Waals surface area contributed by atoms with Crippen LogP contribution in [0.5, 0.6) is 0 Å². The Morgan fingerprint density at radius 1 is 1.24 bits per heavy atom. The lowest BCUT2D eigenvalue weighted by atomic mass is 9.96. The average molecular weight is 251 g/mol. The smallest absolute Gasteiger partial charge is 0.234 e.